The van der Waals surface area contributed by atoms with Gasteiger partial charge in [-0.05, 0) is 52.7 Å². The number of rotatable bonds is 9. The third-order valence-corrected chi connectivity index (χ3v) is 3.53. The van der Waals surface area contributed by atoms with Crippen molar-refractivity contribution in [3.8, 4) is 11.5 Å². The molecule has 24 heavy (non-hydrogen) atoms. The lowest BCUT2D eigenvalue weighted by atomic mass is 10.2. The van der Waals surface area contributed by atoms with Gasteiger partial charge < -0.3 is 37.3 Å². The van der Waals surface area contributed by atoms with Gasteiger partial charge in [-0.2, -0.15) is 0 Å². The Hall–Kier alpha value is -1.70. The first-order valence-electron chi connectivity index (χ1n) is 7.19. The van der Waals surface area contributed by atoms with Gasteiger partial charge >= 0.3 is 0 Å². The van der Waals surface area contributed by atoms with Crippen LogP contribution in [0.3, 0.4) is 0 Å². The number of carbonyl (C=O) groups excluding carboxylic acids is 1. The van der Waals surface area contributed by atoms with E-state index >= 15 is 0 Å². The predicted molar refractivity (Wildman–Crippen MR) is 89.3 cm³/mol. The van der Waals surface area contributed by atoms with Gasteiger partial charge in [-0.3, -0.25) is 4.79 Å². The number of benzene rings is 1. The maximum atomic E-state index is 10.9. The minimum atomic E-state index is -0.538. The number of nitrogens with one attached hydrogen (secondary N) is 1. The zero-order chi connectivity index (χ0) is 16.7. The highest BCUT2D eigenvalue weighted by molar-refractivity contribution is 9.10. The Balaban J connectivity index is 0.00000288. The van der Waals surface area contributed by atoms with Crippen molar-refractivity contribution in [2.24, 2.45) is 5.73 Å². The second-order valence-electron chi connectivity index (χ2n) is 4.78. The van der Waals surface area contributed by atoms with Gasteiger partial charge in [-0.25, -0.2) is 0 Å². The molecular weight excluding hydrogens is 400 g/mol. The predicted octanol–water partition coefficient (Wildman–Crippen LogP) is -0.401. The summed E-state index contributed by atoms with van der Waals surface area (Å²) in [5.41, 5.74) is 6.13. The topological polar surface area (TPSA) is 86.7 Å². The molecule has 0 aliphatic heterocycles. The molecule has 1 aromatic heterocycles. The van der Waals surface area contributed by atoms with Gasteiger partial charge in [0.15, 0.2) is 18.1 Å². The van der Waals surface area contributed by atoms with E-state index in [4.69, 9.17) is 19.6 Å². The van der Waals surface area contributed by atoms with Crippen LogP contribution in [-0.2, 0) is 17.9 Å². The molecule has 1 aromatic carbocycles. The molecule has 132 valence electrons. The molecular formula is C16H19BrClN2O4-. The van der Waals surface area contributed by atoms with Gasteiger partial charge in [0, 0.05) is 6.54 Å². The summed E-state index contributed by atoms with van der Waals surface area (Å²) >= 11 is 3.45. The van der Waals surface area contributed by atoms with Crippen LogP contribution in [0.2, 0.25) is 0 Å². The number of nitrogens with two attached hydrogens (primary N) is 1. The first kappa shape index (κ1) is 20.3. The number of hydrogen-bond acceptors (Lipinski definition) is 5. The van der Waals surface area contributed by atoms with Crippen molar-refractivity contribution in [1.82, 2.24) is 5.32 Å². The monoisotopic (exact) mass is 417 g/mol. The fourth-order valence-electron chi connectivity index (χ4n) is 2.01. The van der Waals surface area contributed by atoms with Crippen molar-refractivity contribution in [3.05, 3.63) is 46.3 Å². The van der Waals surface area contributed by atoms with E-state index in [0.29, 0.717) is 35.7 Å². The number of furan rings is 1. The van der Waals surface area contributed by atoms with E-state index < -0.39 is 5.91 Å². The van der Waals surface area contributed by atoms with E-state index in [2.05, 4.69) is 21.2 Å². The number of amides is 1. The molecule has 0 aliphatic carbocycles. The minimum absolute atomic E-state index is 0. The highest BCUT2D eigenvalue weighted by Crippen LogP contribution is 2.37. The van der Waals surface area contributed by atoms with Crippen LogP contribution in [0.4, 0.5) is 0 Å². The molecule has 6 nitrogen and oxygen atoms in total. The molecule has 0 radical (unpaired) electrons. The van der Waals surface area contributed by atoms with E-state index in [1.807, 2.05) is 31.2 Å². The van der Waals surface area contributed by atoms with Crippen LogP contribution in [0.1, 0.15) is 18.2 Å². The molecule has 0 saturated heterocycles. The molecule has 0 fully saturated rings. The fraction of sp³-hybridized carbons (Fsp3) is 0.312. The molecule has 8 heteroatoms. The van der Waals surface area contributed by atoms with Gasteiger partial charge in [-0.1, -0.05) is 0 Å². The van der Waals surface area contributed by atoms with Crippen LogP contribution in [0.5, 0.6) is 11.5 Å². The van der Waals surface area contributed by atoms with Gasteiger partial charge in [0.2, 0.25) is 0 Å². The number of ether oxygens (including phenoxy) is 2. The van der Waals surface area contributed by atoms with Gasteiger partial charge in [-0.15, -0.1) is 0 Å². The summed E-state index contributed by atoms with van der Waals surface area (Å²) < 4.78 is 17.0. The van der Waals surface area contributed by atoms with Crippen molar-refractivity contribution in [1.29, 1.82) is 0 Å². The quantitative estimate of drug-likeness (QED) is 0.579. The van der Waals surface area contributed by atoms with E-state index in [0.717, 1.165) is 11.3 Å². The summed E-state index contributed by atoms with van der Waals surface area (Å²) in [5, 5.41) is 3.29. The Kier molecular flexibility index (Phi) is 8.67. The number of hydrogen-bond donors (Lipinski definition) is 2. The Labute approximate surface area is 155 Å². The van der Waals surface area contributed by atoms with Crippen molar-refractivity contribution in [2.45, 2.75) is 20.0 Å². The second-order valence-corrected chi connectivity index (χ2v) is 5.63. The zero-order valence-corrected chi connectivity index (χ0v) is 15.5. The SMILES string of the molecule is CCOc1cc(CNCc2ccco2)cc(Br)c1OCC(N)=O.[Cl-]. The lowest BCUT2D eigenvalue weighted by Gasteiger charge is -2.15. The van der Waals surface area contributed by atoms with E-state index in [-0.39, 0.29) is 19.0 Å². The van der Waals surface area contributed by atoms with Crippen LogP contribution in [0.15, 0.2) is 39.4 Å². The molecule has 0 unspecified atom stereocenters. The molecule has 1 amide bonds. The average Bonchev–Trinajstić information content (AvgIpc) is 3.00. The number of halogens is 2. The van der Waals surface area contributed by atoms with E-state index in [9.17, 15) is 4.79 Å². The summed E-state index contributed by atoms with van der Waals surface area (Å²) in [6.45, 7) is 3.44. The van der Waals surface area contributed by atoms with Crippen LogP contribution in [0.25, 0.3) is 0 Å². The Bertz CT molecular complexity index is 650. The van der Waals surface area contributed by atoms with Crippen molar-refractivity contribution >= 4 is 21.8 Å². The average molecular weight is 419 g/mol. The van der Waals surface area contributed by atoms with Crippen LogP contribution < -0.4 is 32.9 Å². The molecule has 1 heterocycles. The summed E-state index contributed by atoms with van der Waals surface area (Å²) in [4.78, 5) is 10.9. The van der Waals surface area contributed by atoms with E-state index in [1.54, 1.807) is 6.26 Å². The van der Waals surface area contributed by atoms with Crippen molar-refractivity contribution in [3.63, 3.8) is 0 Å². The van der Waals surface area contributed by atoms with Crippen molar-refractivity contribution in [2.75, 3.05) is 13.2 Å². The van der Waals surface area contributed by atoms with E-state index in [1.165, 1.54) is 0 Å². The third-order valence-electron chi connectivity index (χ3n) is 2.94. The Morgan fingerprint density at radius 3 is 2.75 bits per heavy atom. The second kappa shape index (κ2) is 10.2. The molecule has 2 rings (SSSR count). The first-order valence-corrected chi connectivity index (χ1v) is 7.99. The van der Waals surface area contributed by atoms with Gasteiger partial charge in [0.25, 0.3) is 5.91 Å². The lowest BCUT2D eigenvalue weighted by molar-refractivity contribution is -0.120. The molecule has 2 aromatic rings. The highest BCUT2D eigenvalue weighted by atomic mass is 79.9. The molecule has 0 bridgehead atoms. The summed E-state index contributed by atoms with van der Waals surface area (Å²) in [6, 6.07) is 7.55. The molecule has 0 atom stereocenters. The summed E-state index contributed by atoms with van der Waals surface area (Å²) in [5.74, 6) is 1.37. The Morgan fingerprint density at radius 1 is 1.33 bits per heavy atom. The fourth-order valence-corrected chi connectivity index (χ4v) is 2.62. The van der Waals surface area contributed by atoms with Gasteiger partial charge in [0.1, 0.15) is 5.76 Å². The van der Waals surface area contributed by atoms with Crippen LogP contribution in [0, 0.1) is 0 Å². The lowest BCUT2D eigenvalue weighted by Crippen LogP contribution is -3.00. The molecule has 3 N–H and O–H groups in total. The maximum absolute atomic E-state index is 10.9. The zero-order valence-electron chi connectivity index (χ0n) is 13.2. The Morgan fingerprint density at radius 2 is 2.12 bits per heavy atom. The summed E-state index contributed by atoms with van der Waals surface area (Å²) in [7, 11) is 0. The van der Waals surface area contributed by atoms with Crippen LogP contribution in [-0.4, -0.2) is 19.1 Å². The smallest absolute Gasteiger partial charge is 0.255 e. The molecule has 0 saturated carbocycles. The van der Waals surface area contributed by atoms with Crippen LogP contribution >= 0.6 is 15.9 Å². The first-order chi connectivity index (χ1) is 11.1. The maximum Gasteiger partial charge on any atom is 0.255 e. The summed E-state index contributed by atoms with van der Waals surface area (Å²) in [6.07, 6.45) is 1.64. The minimum Gasteiger partial charge on any atom is -1.00 e. The number of primary amides is 1. The third kappa shape index (κ3) is 6.07. The normalized spacial score (nSPS) is 10.1. The van der Waals surface area contributed by atoms with Gasteiger partial charge in [0.05, 0.1) is 23.9 Å². The van der Waals surface area contributed by atoms with Crippen molar-refractivity contribution < 1.29 is 31.1 Å². The number of carbonyl (C=O) groups is 1. The standard InChI is InChI=1S/C16H19BrN2O4.ClH/c1-2-21-14-7-11(8-19-9-12-4-3-5-22-12)6-13(17)16(14)23-10-15(18)20;/h3-7,19H,2,8-10H2,1H3,(H2,18,20);1H/p-1. The largest absolute Gasteiger partial charge is 1.00 e. The molecule has 0 spiro atoms. The highest BCUT2D eigenvalue weighted by Gasteiger charge is 2.13. The molecule has 0 aliphatic rings.